The predicted octanol–water partition coefficient (Wildman–Crippen LogP) is 1.60. The molecule has 2 unspecified atom stereocenters. The SMILES string of the molecule is C1=c2ccccc2=CC(C2CCc3ccccc3N2)N1. The highest BCUT2D eigenvalue weighted by atomic mass is 15.0. The van der Waals surface area contributed by atoms with Crippen molar-refractivity contribution in [3.8, 4) is 0 Å². The lowest BCUT2D eigenvalue weighted by Crippen LogP contribution is -2.48. The Labute approximate surface area is 118 Å². The molecule has 100 valence electrons. The van der Waals surface area contributed by atoms with E-state index in [0.717, 1.165) is 6.42 Å². The highest BCUT2D eigenvalue weighted by Crippen LogP contribution is 2.26. The van der Waals surface area contributed by atoms with E-state index in [-0.39, 0.29) is 0 Å². The van der Waals surface area contributed by atoms with Gasteiger partial charge in [-0.1, -0.05) is 48.5 Å². The molecule has 0 radical (unpaired) electrons. The smallest absolute Gasteiger partial charge is 0.0649 e. The maximum atomic E-state index is 3.68. The van der Waals surface area contributed by atoms with E-state index in [9.17, 15) is 0 Å². The van der Waals surface area contributed by atoms with Gasteiger partial charge in [-0.25, -0.2) is 0 Å². The lowest BCUT2D eigenvalue weighted by atomic mass is 9.92. The van der Waals surface area contributed by atoms with Gasteiger partial charge in [-0.15, -0.1) is 0 Å². The summed E-state index contributed by atoms with van der Waals surface area (Å²) in [5.74, 6) is 0. The minimum Gasteiger partial charge on any atom is -0.382 e. The van der Waals surface area contributed by atoms with Crippen LogP contribution in [0, 0.1) is 0 Å². The zero-order chi connectivity index (χ0) is 13.4. The van der Waals surface area contributed by atoms with Crippen LogP contribution in [0.2, 0.25) is 0 Å². The molecule has 0 bridgehead atoms. The first-order valence-corrected chi connectivity index (χ1v) is 7.28. The first kappa shape index (κ1) is 11.6. The molecule has 0 spiro atoms. The van der Waals surface area contributed by atoms with Gasteiger partial charge in [0.1, 0.15) is 0 Å². The number of aryl methyl sites for hydroxylation is 1. The summed E-state index contributed by atoms with van der Waals surface area (Å²) in [6, 6.07) is 18.0. The number of anilines is 1. The molecule has 2 aliphatic heterocycles. The molecule has 2 atom stereocenters. The van der Waals surface area contributed by atoms with E-state index in [1.807, 2.05) is 0 Å². The first-order valence-electron chi connectivity index (χ1n) is 7.28. The van der Waals surface area contributed by atoms with Crippen molar-refractivity contribution in [2.45, 2.75) is 24.9 Å². The molecule has 0 saturated heterocycles. The molecule has 0 saturated carbocycles. The summed E-state index contributed by atoms with van der Waals surface area (Å²) < 4.78 is 0. The van der Waals surface area contributed by atoms with Gasteiger partial charge in [0.05, 0.1) is 12.1 Å². The second-order valence-corrected chi connectivity index (χ2v) is 5.58. The monoisotopic (exact) mass is 262 g/mol. The number of hydrogen-bond donors (Lipinski definition) is 2. The third kappa shape index (κ3) is 1.97. The highest BCUT2D eigenvalue weighted by Gasteiger charge is 2.24. The van der Waals surface area contributed by atoms with Crippen molar-refractivity contribution in [2.24, 2.45) is 0 Å². The van der Waals surface area contributed by atoms with E-state index < -0.39 is 0 Å². The van der Waals surface area contributed by atoms with Crippen molar-refractivity contribution in [3.05, 3.63) is 64.5 Å². The van der Waals surface area contributed by atoms with Crippen LogP contribution in [-0.4, -0.2) is 12.1 Å². The molecule has 2 heteroatoms. The van der Waals surface area contributed by atoms with Gasteiger partial charge in [0, 0.05) is 11.9 Å². The van der Waals surface area contributed by atoms with E-state index in [0.29, 0.717) is 12.1 Å². The average Bonchev–Trinajstić information content (AvgIpc) is 2.54. The topological polar surface area (TPSA) is 24.1 Å². The lowest BCUT2D eigenvalue weighted by Gasteiger charge is -2.33. The van der Waals surface area contributed by atoms with Gasteiger partial charge in [-0.05, 0) is 34.9 Å². The van der Waals surface area contributed by atoms with E-state index in [4.69, 9.17) is 0 Å². The Morgan fingerprint density at radius 1 is 0.900 bits per heavy atom. The van der Waals surface area contributed by atoms with E-state index >= 15 is 0 Å². The molecule has 2 N–H and O–H groups in total. The van der Waals surface area contributed by atoms with Crippen LogP contribution in [0.3, 0.4) is 0 Å². The summed E-state index contributed by atoms with van der Waals surface area (Å²) in [6.45, 7) is 0. The van der Waals surface area contributed by atoms with Gasteiger partial charge in [0.25, 0.3) is 0 Å². The Bertz CT molecular complexity index is 748. The van der Waals surface area contributed by atoms with Crippen molar-refractivity contribution >= 4 is 18.0 Å². The zero-order valence-corrected chi connectivity index (χ0v) is 11.3. The third-order valence-corrected chi connectivity index (χ3v) is 4.30. The van der Waals surface area contributed by atoms with Gasteiger partial charge in [-0.3, -0.25) is 0 Å². The van der Waals surface area contributed by atoms with Crippen molar-refractivity contribution in [1.29, 1.82) is 0 Å². The minimum atomic E-state index is 0.359. The average molecular weight is 262 g/mol. The molecule has 0 amide bonds. The van der Waals surface area contributed by atoms with Crippen molar-refractivity contribution in [2.75, 3.05) is 5.32 Å². The fourth-order valence-electron chi connectivity index (χ4n) is 3.19. The summed E-state index contributed by atoms with van der Waals surface area (Å²) in [5, 5.41) is 9.82. The molecule has 2 nitrogen and oxygen atoms in total. The molecule has 0 aromatic heterocycles. The maximum absolute atomic E-state index is 3.68. The molecule has 4 rings (SSSR count). The molecule has 0 aliphatic carbocycles. The Morgan fingerprint density at radius 2 is 1.70 bits per heavy atom. The zero-order valence-electron chi connectivity index (χ0n) is 11.3. The quantitative estimate of drug-likeness (QED) is 0.816. The summed E-state index contributed by atoms with van der Waals surface area (Å²) in [6.07, 6.45) is 6.81. The second-order valence-electron chi connectivity index (χ2n) is 5.58. The van der Waals surface area contributed by atoms with Crippen LogP contribution in [0.25, 0.3) is 12.3 Å². The Morgan fingerprint density at radius 3 is 2.65 bits per heavy atom. The molecular formula is C18H18N2. The Kier molecular flexibility index (Phi) is 2.73. The number of benzene rings is 2. The van der Waals surface area contributed by atoms with Crippen LogP contribution in [0.5, 0.6) is 0 Å². The molecule has 2 heterocycles. The summed E-state index contributed by atoms with van der Waals surface area (Å²) in [4.78, 5) is 0. The van der Waals surface area contributed by atoms with Crippen LogP contribution in [0.1, 0.15) is 12.0 Å². The maximum Gasteiger partial charge on any atom is 0.0649 e. The summed E-state index contributed by atoms with van der Waals surface area (Å²) in [7, 11) is 0. The van der Waals surface area contributed by atoms with Crippen LogP contribution >= 0.6 is 0 Å². The number of para-hydroxylation sites is 1. The van der Waals surface area contributed by atoms with E-state index in [1.54, 1.807) is 0 Å². The van der Waals surface area contributed by atoms with Gasteiger partial charge >= 0.3 is 0 Å². The number of rotatable bonds is 1. The van der Waals surface area contributed by atoms with Crippen LogP contribution in [-0.2, 0) is 6.42 Å². The predicted molar refractivity (Wildman–Crippen MR) is 83.7 cm³/mol. The normalized spacial score (nSPS) is 23.2. The van der Waals surface area contributed by atoms with Gasteiger partial charge in [-0.2, -0.15) is 0 Å². The molecule has 2 aromatic rings. The lowest BCUT2D eigenvalue weighted by molar-refractivity contribution is 0.554. The van der Waals surface area contributed by atoms with Crippen molar-refractivity contribution < 1.29 is 0 Å². The molecule has 0 fully saturated rings. The molecular weight excluding hydrogens is 244 g/mol. The summed E-state index contributed by atoms with van der Waals surface area (Å²) >= 11 is 0. The van der Waals surface area contributed by atoms with Gasteiger partial charge < -0.3 is 10.6 Å². The van der Waals surface area contributed by atoms with E-state index in [2.05, 4.69) is 71.4 Å². The fraction of sp³-hybridized carbons (Fsp3) is 0.222. The van der Waals surface area contributed by atoms with E-state index in [1.165, 1.54) is 28.1 Å². The van der Waals surface area contributed by atoms with Crippen molar-refractivity contribution in [1.82, 2.24) is 5.32 Å². The number of hydrogen-bond acceptors (Lipinski definition) is 2. The standard InChI is InChI=1S/C18H18N2/c1-2-7-15-12-19-18(11-14(15)6-1)17-10-9-13-5-3-4-8-16(13)20-17/h1-8,11-12,17-20H,9-10H2. The number of fused-ring (bicyclic) bond motifs is 2. The Hall–Kier alpha value is -2.22. The highest BCUT2D eigenvalue weighted by molar-refractivity contribution is 5.56. The summed E-state index contributed by atoms with van der Waals surface area (Å²) in [5.41, 5.74) is 2.72. The largest absolute Gasteiger partial charge is 0.382 e. The third-order valence-electron chi connectivity index (χ3n) is 4.30. The minimum absolute atomic E-state index is 0.359. The van der Waals surface area contributed by atoms with Crippen LogP contribution in [0.4, 0.5) is 5.69 Å². The first-order chi connectivity index (χ1) is 9.90. The molecule has 2 aliphatic rings. The van der Waals surface area contributed by atoms with Gasteiger partial charge in [0.15, 0.2) is 0 Å². The molecule has 2 aromatic carbocycles. The Balaban J connectivity index is 1.63. The second kappa shape index (κ2) is 4.71. The van der Waals surface area contributed by atoms with Crippen LogP contribution in [0.15, 0.2) is 48.5 Å². The van der Waals surface area contributed by atoms with Gasteiger partial charge in [0.2, 0.25) is 0 Å². The van der Waals surface area contributed by atoms with Crippen molar-refractivity contribution in [3.63, 3.8) is 0 Å². The van der Waals surface area contributed by atoms with Crippen LogP contribution < -0.4 is 21.1 Å². The molecule has 20 heavy (non-hydrogen) atoms. The number of nitrogens with one attached hydrogen (secondary N) is 2. The fourth-order valence-corrected chi connectivity index (χ4v) is 3.19.